The van der Waals surface area contributed by atoms with Gasteiger partial charge in [0, 0.05) is 18.9 Å². The summed E-state index contributed by atoms with van der Waals surface area (Å²) in [6, 6.07) is 1.19. The Morgan fingerprint density at radius 1 is 1.50 bits per heavy atom. The average Bonchev–Trinajstić information content (AvgIpc) is 2.64. The van der Waals surface area contributed by atoms with E-state index in [-0.39, 0.29) is 0 Å². The van der Waals surface area contributed by atoms with Gasteiger partial charge >= 0.3 is 5.97 Å². The predicted molar refractivity (Wildman–Crippen MR) is 77.7 cm³/mol. The molecule has 2 rings (SSSR count). The zero-order valence-corrected chi connectivity index (χ0v) is 12.2. The largest absolute Gasteiger partial charge is 0.480 e. The van der Waals surface area contributed by atoms with Gasteiger partial charge in [0.2, 0.25) is 0 Å². The van der Waals surface area contributed by atoms with Gasteiger partial charge in [0.25, 0.3) is 0 Å². The van der Waals surface area contributed by atoms with Crippen LogP contribution in [0.1, 0.15) is 26.0 Å². The van der Waals surface area contributed by atoms with Gasteiger partial charge in [-0.3, -0.25) is 4.68 Å². The monoisotopic (exact) mass is 276 g/mol. The quantitative estimate of drug-likeness (QED) is 0.875. The van der Waals surface area contributed by atoms with Crippen LogP contribution >= 0.6 is 0 Å². The highest BCUT2D eigenvalue weighted by Gasteiger charge is 2.20. The Morgan fingerprint density at radius 3 is 2.80 bits per heavy atom. The summed E-state index contributed by atoms with van der Waals surface area (Å²) in [7, 11) is 1.83. The fraction of sp³-hybridized carbons (Fsp3) is 0.500. The summed E-state index contributed by atoms with van der Waals surface area (Å²) in [4.78, 5) is 15.7. The number of nitrogens with zero attached hydrogens (tertiary/aromatic N) is 3. The van der Waals surface area contributed by atoms with E-state index < -0.39 is 12.0 Å². The van der Waals surface area contributed by atoms with Gasteiger partial charge in [0.1, 0.15) is 6.04 Å². The van der Waals surface area contributed by atoms with Gasteiger partial charge in [-0.05, 0) is 25.3 Å². The van der Waals surface area contributed by atoms with E-state index in [1.54, 1.807) is 16.9 Å². The fourth-order valence-electron chi connectivity index (χ4n) is 2.38. The van der Waals surface area contributed by atoms with Crippen molar-refractivity contribution in [2.24, 2.45) is 13.0 Å². The highest BCUT2D eigenvalue weighted by atomic mass is 16.4. The van der Waals surface area contributed by atoms with Crippen molar-refractivity contribution < 1.29 is 9.90 Å². The molecule has 0 aliphatic heterocycles. The second kappa shape index (κ2) is 5.48. The molecule has 0 fully saturated rings. The molecule has 2 aromatic rings. The highest BCUT2D eigenvalue weighted by Crippen LogP contribution is 2.25. The number of anilines is 1. The van der Waals surface area contributed by atoms with Crippen LogP contribution in [0.3, 0.4) is 0 Å². The Morgan fingerprint density at radius 2 is 2.20 bits per heavy atom. The third-order valence-corrected chi connectivity index (χ3v) is 3.23. The molecule has 0 amide bonds. The van der Waals surface area contributed by atoms with Crippen molar-refractivity contribution in [3.8, 4) is 0 Å². The van der Waals surface area contributed by atoms with Crippen LogP contribution in [0.15, 0.2) is 12.3 Å². The molecule has 6 heteroatoms. The van der Waals surface area contributed by atoms with Gasteiger partial charge < -0.3 is 10.4 Å². The minimum Gasteiger partial charge on any atom is -0.480 e. The number of carboxylic acids is 1. The first-order valence-electron chi connectivity index (χ1n) is 6.67. The zero-order chi connectivity index (χ0) is 14.9. The molecular weight excluding hydrogens is 256 g/mol. The van der Waals surface area contributed by atoms with Crippen LogP contribution < -0.4 is 5.32 Å². The minimum absolute atomic E-state index is 0.302. The van der Waals surface area contributed by atoms with Crippen molar-refractivity contribution in [3.63, 3.8) is 0 Å². The molecule has 108 valence electrons. The predicted octanol–water partition coefficient (Wildman–Crippen LogP) is 2.19. The Kier molecular flexibility index (Phi) is 3.92. The SMILES string of the molecule is Cc1nn(C)c2nccc(N[C@@H](CC(C)C)C(=O)O)c12. The van der Waals surface area contributed by atoms with Crippen LogP contribution in [0.5, 0.6) is 0 Å². The zero-order valence-electron chi connectivity index (χ0n) is 12.2. The maximum atomic E-state index is 11.4. The van der Waals surface area contributed by atoms with Crippen LogP contribution in [0.4, 0.5) is 5.69 Å². The van der Waals surface area contributed by atoms with Crippen LogP contribution in [0.2, 0.25) is 0 Å². The highest BCUT2D eigenvalue weighted by molar-refractivity contribution is 5.93. The topological polar surface area (TPSA) is 80.0 Å². The summed E-state index contributed by atoms with van der Waals surface area (Å²) in [6.45, 7) is 5.91. The molecule has 2 heterocycles. The molecule has 0 aromatic carbocycles. The number of pyridine rings is 1. The third-order valence-electron chi connectivity index (χ3n) is 3.23. The van der Waals surface area contributed by atoms with Crippen molar-refractivity contribution >= 4 is 22.7 Å². The fourth-order valence-corrected chi connectivity index (χ4v) is 2.38. The molecule has 0 aliphatic rings. The number of aryl methyl sites for hydroxylation is 2. The number of fused-ring (bicyclic) bond motifs is 1. The number of nitrogens with one attached hydrogen (secondary N) is 1. The van der Waals surface area contributed by atoms with Gasteiger partial charge in [0.15, 0.2) is 5.65 Å². The Balaban J connectivity index is 2.39. The minimum atomic E-state index is -0.842. The van der Waals surface area contributed by atoms with E-state index in [1.807, 2.05) is 27.8 Å². The van der Waals surface area contributed by atoms with Crippen molar-refractivity contribution in [2.45, 2.75) is 33.2 Å². The van der Waals surface area contributed by atoms with E-state index in [0.29, 0.717) is 12.3 Å². The van der Waals surface area contributed by atoms with E-state index in [1.165, 1.54) is 0 Å². The first-order chi connectivity index (χ1) is 9.40. The molecule has 0 aliphatic carbocycles. The van der Waals surface area contributed by atoms with Crippen LogP contribution in [0, 0.1) is 12.8 Å². The number of aromatic nitrogens is 3. The van der Waals surface area contributed by atoms with Gasteiger partial charge in [0.05, 0.1) is 11.1 Å². The van der Waals surface area contributed by atoms with E-state index in [9.17, 15) is 9.90 Å². The molecule has 6 nitrogen and oxygen atoms in total. The standard InChI is InChI=1S/C14H20N4O2/c1-8(2)7-11(14(19)20)16-10-5-6-15-13-12(10)9(3)17-18(13)4/h5-6,8,11H,7H2,1-4H3,(H,15,16)(H,19,20)/t11-/m0/s1. The van der Waals surface area contributed by atoms with Gasteiger partial charge in [-0.15, -0.1) is 0 Å². The lowest BCUT2D eigenvalue weighted by Crippen LogP contribution is -2.30. The number of aliphatic carboxylic acids is 1. The summed E-state index contributed by atoms with van der Waals surface area (Å²) >= 11 is 0. The van der Waals surface area contributed by atoms with Crippen molar-refractivity contribution in [2.75, 3.05) is 5.32 Å². The summed E-state index contributed by atoms with van der Waals surface area (Å²) in [5, 5.41) is 17.7. The molecule has 20 heavy (non-hydrogen) atoms. The molecule has 0 spiro atoms. The normalized spacial score (nSPS) is 12.8. The number of hydrogen-bond acceptors (Lipinski definition) is 4. The number of carbonyl (C=O) groups is 1. The van der Waals surface area contributed by atoms with E-state index >= 15 is 0 Å². The number of hydrogen-bond donors (Lipinski definition) is 2. The van der Waals surface area contributed by atoms with E-state index in [0.717, 1.165) is 22.4 Å². The maximum absolute atomic E-state index is 11.4. The molecule has 0 bridgehead atoms. The smallest absolute Gasteiger partial charge is 0.326 e. The van der Waals surface area contributed by atoms with E-state index in [2.05, 4.69) is 15.4 Å². The maximum Gasteiger partial charge on any atom is 0.326 e. The first-order valence-corrected chi connectivity index (χ1v) is 6.67. The summed E-state index contributed by atoms with van der Waals surface area (Å²) in [5.41, 5.74) is 2.36. The van der Waals surface area contributed by atoms with Crippen LogP contribution in [-0.4, -0.2) is 31.9 Å². The second-order valence-corrected chi connectivity index (χ2v) is 5.43. The Labute approximate surface area is 117 Å². The molecule has 2 N–H and O–H groups in total. The lowest BCUT2D eigenvalue weighted by molar-refractivity contribution is -0.138. The lowest BCUT2D eigenvalue weighted by atomic mass is 10.0. The number of rotatable bonds is 5. The van der Waals surface area contributed by atoms with E-state index in [4.69, 9.17) is 0 Å². The lowest BCUT2D eigenvalue weighted by Gasteiger charge is -2.18. The van der Waals surface area contributed by atoms with Gasteiger partial charge in [-0.2, -0.15) is 5.10 Å². The molecule has 0 saturated carbocycles. The first kappa shape index (κ1) is 14.3. The van der Waals surface area contributed by atoms with Crippen LogP contribution in [-0.2, 0) is 11.8 Å². The average molecular weight is 276 g/mol. The Hall–Kier alpha value is -2.11. The van der Waals surface area contributed by atoms with Crippen molar-refractivity contribution in [3.05, 3.63) is 18.0 Å². The second-order valence-electron chi connectivity index (χ2n) is 5.43. The number of carboxylic acid groups (broad SMARTS) is 1. The molecular formula is C14H20N4O2. The van der Waals surface area contributed by atoms with Crippen molar-refractivity contribution in [1.29, 1.82) is 0 Å². The van der Waals surface area contributed by atoms with Crippen molar-refractivity contribution in [1.82, 2.24) is 14.8 Å². The molecule has 0 saturated heterocycles. The van der Waals surface area contributed by atoms with Gasteiger partial charge in [-0.25, -0.2) is 9.78 Å². The van der Waals surface area contributed by atoms with Crippen LogP contribution in [0.25, 0.3) is 11.0 Å². The molecule has 0 radical (unpaired) electrons. The summed E-state index contributed by atoms with van der Waals surface area (Å²) in [5.74, 6) is -0.541. The Bertz CT molecular complexity index is 633. The summed E-state index contributed by atoms with van der Waals surface area (Å²) in [6.07, 6.45) is 2.23. The van der Waals surface area contributed by atoms with Gasteiger partial charge in [-0.1, -0.05) is 13.8 Å². The molecule has 2 aromatic heterocycles. The molecule has 0 unspecified atom stereocenters. The summed E-state index contributed by atoms with van der Waals surface area (Å²) < 4.78 is 1.70. The third kappa shape index (κ3) is 2.74. The molecule has 1 atom stereocenters.